The summed E-state index contributed by atoms with van der Waals surface area (Å²) in [6.07, 6.45) is 11.7. The van der Waals surface area contributed by atoms with E-state index in [0.717, 1.165) is 12.6 Å². The van der Waals surface area contributed by atoms with Crippen molar-refractivity contribution in [2.75, 3.05) is 18.1 Å². The zero-order valence-electron chi connectivity index (χ0n) is 13.5. The molecule has 0 saturated carbocycles. The number of rotatable bonds is 7. The van der Waals surface area contributed by atoms with E-state index in [1.54, 1.807) is 0 Å². The Kier molecular flexibility index (Phi) is 7.20. The average Bonchev–Trinajstić information content (AvgIpc) is 2.46. The molecule has 2 fully saturated rings. The van der Waals surface area contributed by atoms with Gasteiger partial charge in [-0.2, -0.15) is 11.8 Å². The predicted molar refractivity (Wildman–Crippen MR) is 89.6 cm³/mol. The van der Waals surface area contributed by atoms with Crippen LogP contribution in [0.1, 0.15) is 71.6 Å². The van der Waals surface area contributed by atoms with E-state index in [4.69, 9.17) is 4.74 Å². The fourth-order valence-electron chi connectivity index (χ4n) is 3.71. The molecular weight excluding hydrogens is 266 g/mol. The topological polar surface area (TPSA) is 21.3 Å². The monoisotopic (exact) mass is 299 g/mol. The Balaban J connectivity index is 1.83. The first-order valence-corrected chi connectivity index (χ1v) is 9.91. The van der Waals surface area contributed by atoms with Crippen LogP contribution >= 0.6 is 11.8 Å². The van der Waals surface area contributed by atoms with Gasteiger partial charge in [0, 0.05) is 18.7 Å². The molecule has 0 aromatic rings. The minimum atomic E-state index is 0.225. The van der Waals surface area contributed by atoms with Gasteiger partial charge in [-0.1, -0.05) is 33.1 Å². The molecule has 0 radical (unpaired) electrons. The zero-order chi connectivity index (χ0) is 14.3. The van der Waals surface area contributed by atoms with E-state index in [-0.39, 0.29) is 5.60 Å². The molecule has 2 unspecified atom stereocenters. The lowest BCUT2D eigenvalue weighted by atomic mass is 9.85. The van der Waals surface area contributed by atoms with E-state index in [1.165, 1.54) is 69.3 Å². The van der Waals surface area contributed by atoms with E-state index in [2.05, 4.69) is 30.9 Å². The highest BCUT2D eigenvalue weighted by atomic mass is 32.2. The Morgan fingerprint density at radius 2 is 2.00 bits per heavy atom. The van der Waals surface area contributed by atoms with E-state index < -0.39 is 0 Å². The maximum absolute atomic E-state index is 6.21. The van der Waals surface area contributed by atoms with Crippen molar-refractivity contribution < 1.29 is 4.74 Å². The van der Waals surface area contributed by atoms with Gasteiger partial charge in [0.1, 0.15) is 0 Å². The van der Waals surface area contributed by atoms with Crippen LogP contribution in [0.2, 0.25) is 0 Å². The molecule has 118 valence electrons. The molecule has 0 aliphatic carbocycles. The standard InChI is InChI=1S/C17H33NOS/c1-3-5-7-15(6-4-2)18-16-8-11-19-17(14-16)9-12-20-13-10-17/h15-16,18H,3-14H2,1-2H3. The number of hydrogen-bond donors (Lipinski definition) is 1. The van der Waals surface area contributed by atoms with Crippen molar-refractivity contribution in [1.29, 1.82) is 0 Å². The third kappa shape index (κ3) is 4.92. The summed E-state index contributed by atoms with van der Waals surface area (Å²) in [4.78, 5) is 0. The summed E-state index contributed by atoms with van der Waals surface area (Å²) in [6, 6.07) is 1.43. The lowest BCUT2D eigenvalue weighted by Crippen LogP contribution is -2.51. The first-order valence-electron chi connectivity index (χ1n) is 8.76. The quantitative estimate of drug-likeness (QED) is 0.754. The summed E-state index contributed by atoms with van der Waals surface area (Å²) in [5.41, 5.74) is 0.225. The largest absolute Gasteiger partial charge is 0.375 e. The van der Waals surface area contributed by atoms with Crippen LogP contribution < -0.4 is 5.32 Å². The van der Waals surface area contributed by atoms with Crippen LogP contribution in [0.5, 0.6) is 0 Å². The lowest BCUT2D eigenvalue weighted by Gasteiger charge is -2.44. The lowest BCUT2D eigenvalue weighted by molar-refractivity contribution is -0.0943. The van der Waals surface area contributed by atoms with E-state index in [0.29, 0.717) is 6.04 Å². The molecule has 0 aromatic carbocycles. The molecule has 3 heteroatoms. The smallest absolute Gasteiger partial charge is 0.0713 e. The number of unbranched alkanes of at least 4 members (excludes halogenated alkanes) is 1. The molecule has 2 atom stereocenters. The van der Waals surface area contributed by atoms with Crippen LogP contribution in [0.4, 0.5) is 0 Å². The first-order chi connectivity index (χ1) is 9.78. The molecule has 0 amide bonds. The number of hydrogen-bond acceptors (Lipinski definition) is 3. The normalized spacial score (nSPS) is 27.6. The highest BCUT2D eigenvalue weighted by Gasteiger charge is 2.38. The molecule has 20 heavy (non-hydrogen) atoms. The number of thioether (sulfide) groups is 1. The molecule has 0 bridgehead atoms. The molecular formula is C17H33NOS. The average molecular weight is 300 g/mol. The summed E-state index contributed by atoms with van der Waals surface area (Å²) in [6.45, 7) is 5.57. The van der Waals surface area contributed by atoms with Gasteiger partial charge in [0.15, 0.2) is 0 Å². The summed E-state index contributed by atoms with van der Waals surface area (Å²) in [7, 11) is 0. The van der Waals surface area contributed by atoms with Crippen molar-refractivity contribution in [1.82, 2.24) is 5.32 Å². The summed E-state index contributed by atoms with van der Waals surface area (Å²) < 4.78 is 6.21. The van der Waals surface area contributed by atoms with Gasteiger partial charge in [-0.05, 0) is 50.0 Å². The summed E-state index contributed by atoms with van der Waals surface area (Å²) in [5, 5.41) is 3.98. The van der Waals surface area contributed by atoms with Gasteiger partial charge >= 0.3 is 0 Å². The Labute approximate surface area is 129 Å². The van der Waals surface area contributed by atoms with Crippen LogP contribution in [0.15, 0.2) is 0 Å². The van der Waals surface area contributed by atoms with Crippen molar-refractivity contribution in [3.8, 4) is 0 Å². The minimum absolute atomic E-state index is 0.225. The molecule has 2 rings (SSSR count). The van der Waals surface area contributed by atoms with Crippen LogP contribution in [0.25, 0.3) is 0 Å². The Morgan fingerprint density at radius 1 is 1.20 bits per heavy atom. The van der Waals surface area contributed by atoms with Crippen molar-refractivity contribution in [3.05, 3.63) is 0 Å². The van der Waals surface area contributed by atoms with Crippen LogP contribution in [0.3, 0.4) is 0 Å². The van der Waals surface area contributed by atoms with Crippen molar-refractivity contribution in [2.45, 2.75) is 89.3 Å². The maximum Gasteiger partial charge on any atom is 0.0713 e. The molecule has 1 N–H and O–H groups in total. The Hall–Kier alpha value is 0.270. The second kappa shape index (κ2) is 8.65. The highest BCUT2D eigenvalue weighted by molar-refractivity contribution is 7.99. The van der Waals surface area contributed by atoms with E-state index in [1.807, 2.05) is 0 Å². The van der Waals surface area contributed by atoms with Crippen molar-refractivity contribution >= 4 is 11.8 Å². The Morgan fingerprint density at radius 3 is 2.70 bits per heavy atom. The molecule has 0 aromatic heterocycles. The first kappa shape index (κ1) is 16.6. The van der Waals surface area contributed by atoms with Gasteiger partial charge in [-0.25, -0.2) is 0 Å². The fraction of sp³-hybridized carbons (Fsp3) is 1.00. The molecule has 1 spiro atoms. The highest BCUT2D eigenvalue weighted by Crippen LogP contribution is 2.37. The summed E-state index contributed by atoms with van der Waals surface area (Å²) >= 11 is 2.10. The SMILES string of the molecule is CCCCC(CCC)NC1CCOC2(CCSCC2)C1. The molecule has 2 nitrogen and oxygen atoms in total. The van der Waals surface area contributed by atoms with Crippen molar-refractivity contribution in [2.24, 2.45) is 0 Å². The second-order valence-electron chi connectivity index (χ2n) is 6.63. The Bertz CT molecular complexity index is 260. The van der Waals surface area contributed by atoms with E-state index >= 15 is 0 Å². The third-order valence-electron chi connectivity index (χ3n) is 4.91. The predicted octanol–water partition coefficient (Wildman–Crippen LogP) is 4.38. The molecule has 2 aliphatic rings. The van der Waals surface area contributed by atoms with Crippen molar-refractivity contribution in [3.63, 3.8) is 0 Å². The number of nitrogens with one attached hydrogen (secondary N) is 1. The van der Waals surface area contributed by atoms with Crippen LogP contribution in [-0.4, -0.2) is 35.8 Å². The zero-order valence-corrected chi connectivity index (χ0v) is 14.3. The number of ether oxygens (including phenoxy) is 1. The summed E-state index contributed by atoms with van der Waals surface area (Å²) in [5.74, 6) is 2.59. The minimum Gasteiger partial charge on any atom is -0.375 e. The second-order valence-corrected chi connectivity index (χ2v) is 7.85. The van der Waals surface area contributed by atoms with Gasteiger partial charge in [0.2, 0.25) is 0 Å². The van der Waals surface area contributed by atoms with E-state index in [9.17, 15) is 0 Å². The molecule has 2 aliphatic heterocycles. The fourth-order valence-corrected chi connectivity index (χ4v) is 4.94. The molecule has 2 heterocycles. The molecule has 2 saturated heterocycles. The van der Waals surface area contributed by atoms with Gasteiger partial charge in [0.05, 0.1) is 5.60 Å². The van der Waals surface area contributed by atoms with Gasteiger partial charge < -0.3 is 10.1 Å². The maximum atomic E-state index is 6.21. The van der Waals surface area contributed by atoms with Gasteiger partial charge in [0.25, 0.3) is 0 Å². The van der Waals surface area contributed by atoms with Crippen LogP contribution in [-0.2, 0) is 4.74 Å². The van der Waals surface area contributed by atoms with Gasteiger partial charge in [-0.3, -0.25) is 0 Å². The van der Waals surface area contributed by atoms with Gasteiger partial charge in [-0.15, -0.1) is 0 Å². The van der Waals surface area contributed by atoms with Crippen LogP contribution in [0, 0.1) is 0 Å². The third-order valence-corrected chi connectivity index (χ3v) is 5.90.